The fourth-order valence-corrected chi connectivity index (χ4v) is 2.06. The van der Waals surface area contributed by atoms with E-state index in [9.17, 15) is 4.79 Å². The second-order valence-electron chi connectivity index (χ2n) is 5.86. The van der Waals surface area contributed by atoms with E-state index in [0.29, 0.717) is 12.3 Å². The van der Waals surface area contributed by atoms with Crippen molar-refractivity contribution in [1.82, 2.24) is 10.2 Å². The van der Waals surface area contributed by atoms with Crippen molar-refractivity contribution in [1.29, 1.82) is 0 Å². The third kappa shape index (κ3) is 7.95. The van der Waals surface area contributed by atoms with Crippen molar-refractivity contribution in [3.8, 4) is 0 Å². The maximum Gasteiger partial charge on any atom is 0.220 e. The van der Waals surface area contributed by atoms with E-state index < -0.39 is 0 Å². The Morgan fingerprint density at radius 1 is 1.25 bits per heavy atom. The van der Waals surface area contributed by atoms with Gasteiger partial charge in [-0.1, -0.05) is 44.2 Å². The van der Waals surface area contributed by atoms with Crippen molar-refractivity contribution in [2.24, 2.45) is 5.92 Å². The standard InChI is InChI=1S/C17H28N2O/c1-15(2)10-11-17(20)18-12-7-13-19(3)14-16-8-5-4-6-9-16/h4-6,8-9,15H,7,10-14H2,1-3H3,(H,18,20). The van der Waals surface area contributed by atoms with Crippen molar-refractivity contribution in [2.75, 3.05) is 20.1 Å². The summed E-state index contributed by atoms with van der Waals surface area (Å²) in [4.78, 5) is 13.8. The molecule has 0 aliphatic heterocycles. The molecule has 3 nitrogen and oxygen atoms in total. The number of nitrogens with zero attached hydrogens (tertiary/aromatic N) is 1. The Morgan fingerprint density at radius 2 is 1.95 bits per heavy atom. The summed E-state index contributed by atoms with van der Waals surface area (Å²) in [6.45, 7) is 7.02. The van der Waals surface area contributed by atoms with Crippen LogP contribution < -0.4 is 5.32 Å². The molecule has 0 aliphatic carbocycles. The van der Waals surface area contributed by atoms with E-state index in [1.165, 1.54) is 5.56 Å². The summed E-state index contributed by atoms with van der Waals surface area (Å²) in [5.41, 5.74) is 1.33. The molecule has 1 aromatic carbocycles. The van der Waals surface area contributed by atoms with Gasteiger partial charge in [0.1, 0.15) is 0 Å². The summed E-state index contributed by atoms with van der Waals surface area (Å²) in [5.74, 6) is 0.780. The van der Waals surface area contributed by atoms with Gasteiger partial charge in [0, 0.05) is 19.5 Å². The van der Waals surface area contributed by atoms with Crippen LogP contribution in [0, 0.1) is 5.92 Å². The molecule has 3 heteroatoms. The van der Waals surface area contributed by atoms with Gasteiger partial charge in [0.2, 0.25) is 5.91 Å². The monoisotopic (exact) mass is 276 g/mol. The Hall–Kier alpha value is -1.35. The first-order valence-electron chi connectivity index (χ1n) is 7.57. The topological polar surface area (TPSA) is 32.3 Å². The van der Waals surface area contributed by atoms with Crippen molar-refractivity contribution in [2.45, 2.75) is 39.7 Å². The lowest BCUT2D eigenvalue weighted by atomic mass is 10.1. The molecule has 0 saturated heterocycles. The number of hydrogen-bond donors (Lipinski definition) is 1. The second kappa shape index (κ2) is 9.54. The van der Waals surface area contributed by atoms with Crippen LogP contribution >= 0.6 is 0 Å². The molecule has 0 radical (unpaired) electrons. The predicted octanol–water partition coefficient (Wildman–Crippen LogP) is 3.06. The smallest absolute Gasteiger partial charge is 0.220 e. The average Bonchev–Trinajstić information content (AvgIpc) is 2.42. The fraction of sp³-hybridized carbons (Fsp3) is 0.588. The highest BCUT2D eigenvalue weighted by molar-refractivity contribution is 5.75. The van der Waals surface area contributed by atoms with Crippen LogP contribution in [-0.2, 0) is 11.3 Å². The Bertz CT molecular complexity index is 376. The molecule has 1 aromatic rings. The minimum Gasteiger partial charge on any atom is -0.356 e. The van der Waals surface area contributed by atoms with Gasteiger partial charge in [-0.3, -0.25) is 4.79 Å². The predicted molar refractivity (Wildman–Crippen MR) is 84.5 cm³/mol. The second-order valence-corrected chi connectivity index (χ2v) is 5.86. The maximum atomic E-state index is 11.6. The number of hydrogen-bond acceptors (Lipinski definition) is 2. The molecule has 1 N–H and O–H groups in total. The van der Waals surface area contributed by atoms with E-state index in [-0.39, 0.29) is 5.91 Å². The van der Waals surface area contributed by atoms with E-state index in [0.717, 1.165) is 32.5 Å². The van der Waals surface area contributed by atoms with Crippen molar-refractivity contribution >= 4 is 5.91 Å². The Labute approximate surface area is 123 Å². The molecule has 0 saturated carbocycles. The molecule has 1 rings (SSSR count). The summed E-state index contributed by atoms with van der Waals surface area (Å²) in [7, 11) is 2.12. The SMILES string of the molecule is CC(C)CCC(=O)NCCCN(C)Cc1ccccc1. The lowest BCUT2D eigenvalue weighted by Gasteiger charge is -2.16. The van der Waals surface area contributed by atoms with Crippen LogP contribution in [0.4, 0.5) is 0 Å². The fourth-order valence-electron chi connectivity index (χ4n) is 2.06. The Morgan fingerprint density at radius 3 is 2.60 bits per heavy atom. The molecule has 0 unspecified atom stereocenters. The van der Waals surface area contributed by atoms with Crippen LogP contribution in [0.5, 0.6) is 0 Å². The van der Waals surface area contributed by atoms with Gasteiger partial charge in [-0.2, -0.15) is 0 Å². The highest BCUT2D eigenvalue weighted by atomic mass is 16.1. The van der Waals surface area contributed by atoms with Crippen molar-refractivity contribution < 1.29 is 4.79 Å². The zero-order valence-corrected chi connectivity index (χ0v) is 13.1. The summed E-state index contributed by atoms with van der Waals surface area (Å²) in [6, 6.07) is 10.5. The lowest BCUT2D eigenvalue weighted by molar-refractivity contribution is -0.121. The number of carbonyl (C=O) groups excluding carboxylic acids is 1. The van der Waals surface area contributed by atoms with Gasteiger partial charge in [0.25, 0.3) is 0 Å². The van der Waals surface area contributed by atoms with Gasteiger partial charge in [0.05, 0.1) is 0 Å². The molecule has 0 aliphatic rings. The van der Waals surface area contributed by atoms with Gasteiger partial charge in [-0.05, 0) is 37.9 Å². The van der Waals surface area contributed by atoms with Gasteiger partial charge in [-0.25, -0.2) is 0 Å². The molecule has 0 atom stereocenters. The number of carbonyl (C=O) groups is 1. The minimum absolute atomic E-state index is 0.185. The van der Waals surface area contributed by atoms with Crippen LogP contribution in [-0.4, -0.2) is 30.9 Å². The number of rotatable bonds is 9. The van der Waals surface area contributed by atoms with E-state index >= 15 is 0 Å². The van der Waals surface area contributed by atoms with Crippen molar-refractivity contribution in [3.05, 3.63) is 35.9 Å². The number of nitrogens with one attached hydrogen (secondary N) is 1. The third-order valence-corrected chi connectivity index (χ3v) is 3.28. The van der Waals surface area contributed by atoms with Crippen LogP contribution in [0.15, 0.2) is 30.3 Å². The first-order chi connectivity index (χ1) is 9.58. The van der Waals surface area contributed by atoms with Crippen LogP contribution in [0.2, 0.25) is 0 Å². The molecule has 20 heavy (non-hydrogen) atoms. The number of benzene rings is 1. The zero-order valence-electron chi connectivity index (χ0n) is 13.1. The lowest BCUT2D eigenvalue weighted by Crippen LogP contribution is -2.28. The third-order valence-electron chi connectivity index (χ3n) is 3.28. The summed E-state index contributed by atoms with van der Waals surface area (Å²) < 4.78 is 0. The highest BCUT2D eigenvalue weighted by Crippen LogP contribution is 2.04. The minimum atomic E-state index is 0.185. The molecule has 112 valence electrons. The van der Waals surface area contributed by atoms with Crippen LogP contribution in [0.3, 0.4) is 0 Å². The molecule has 0 fully saturated rings. The normalized spacial score (nSPS) is 11.1. The van der Waals surface area contributed by atoms with E-state index in [4.69, 9.17) is 0 Å². The molecule has 1 amide bonds. The first kappa shape index (κ1) is 16.7. The molecule has 0 heterocycles. The zero-order chi connectivity index (χ0) is 14.8. The molecule has 0 spiro atoms. The first-order valence-corrected chi connectivity index (χ1v) is 7.57. The van der Waals surface area contributed by atoms with E-state index in [1.807, 2.05) is 6.07 Å². The van der Waals surface area contributed by atoms with Gasteiger partial charge >= 0.3 is 0 Å². The molecular weight excluding hydrogens is 248 g/mol. The quantitative estimate of drug-likeness (QED) is 0.703. The summed E-state index contributed by atoms with van der Waals surface area (Å²) in [6.07, 6.45) is 2.62. The Balaban J connectivity index is 2.07. The Kier molecular flexibility index (Phi) is 7.97. The number of amides is 1. The molecule has 0 aromatic heterocycles. The van der Waals surface area contributed by atoms with Gasteiger partial charge in [-0.15, -0.1) is 0 Å². The summed E-state index contributed by atoms with van der Waals surface area (Å²) in [5, 5.41) is 2.99. The van der Waals surface area contributed by atoms with Crippen molar-refractivity contribution in [3.63, 3.8) is 0 Å². The van der Waals surface area contributed by atoms with Crippen LogP contribution in [0.25, 0.3) is 0 Å². The van der Waals surface area contributed by atoms with Gasteiger partial charge in [0.15, 0.2) is 0 Å². The maximum absolute atomic E-state index is 11.6. The van der Waals surface area contributed by atoms with E-state index in [1.54, 1.807) is 0 Å². The molecular formula is C17H28N2O. The van der Waals surface area contributed by atoms with Crippen LogP contribution in [0.1, 0.15) is 38.7 Å². The largest absolute Gasteiger partial charge is 0.356 e. The highest BCUT2D eigenvalue weighted by Gasteiger charge is 2.03. The average molecular weight is 276 g/mol. The van der Waals surface area contributed by atoms with Gasteiger partial charge < -0.3 is 10.2 Å². The van der Waals surface area contributed by atoms with E-state index in [2.05, 4.69) is 55.4 Å². The summed E-state index contributed by atoms with van der Waals surface area (Å²) >= 11 is 0. The molecule has 0 bridgehead atoms.